The highest BCUT2D eigenvalue weighted by atomic mass is 127. The summed E-state index contributed by atoms with van der Waals surface area (Å²) in [5.74, 6) is 1.69. The van der Waals surface area contributed by atoms with E-state index in [1.807, 2.05) is 18.2 Å². The number of hydrogen-bond donors (Lipinski definition) is 2. The van der Waals surface area contributed by atoms with Gasteiger partial charge in [0.25, 0.3) is 0 Å². The molecule has 0 spiro atoms. The topological polar surface area (TPSA) is 74.9 Å². The normalized spacial score (nSPS) is 15.8. The zero-order valence-corrected chi connectivity index (χ0v) is 22.3. The first-order valence-corrected chi connectivity index (χ1v) is 11.6. The van der Waals surface area contributed by atoms with Crippen LogP contribution in [0.1, 0.15) is 49.4 Å². The highest BCUT2D eigenvalue weighted by Gasteiger charge is 2.24. The molecule has 1 unspecified atom stereocenters. The summed E-state index contributed by atoms with van der Waals surface area (Å²) in [6.45, 7) is 11.5. The Hall–Kier alpha value is -1.36. The summed E-state index contributed by atoms with van der Waals surface area (Å²) < 4.78 is 11.0. The number of benzene rings is 1. The van der Waals surface area contributed by atoms with E-state index in [9.17, 15) is 0 Å². The van der Waals surface area contributed by atoms with Crippen molar-refractivity contribution in [2.45, 2.75) is 46.2 Å². The molecule has 0 bridgehead atoms. The molecule has 1 aromatic heterocycles. The molecule has 32 heavy (non-hydrogen) atoms. The smallest absolute Gasteiger partial charge is 0.191 e. The Kier molecular flexibility index (Phi) is 11.8. The molecule has 1 aliphatic rings. The molecule has 0 amide bonds. The van der Waals surface area contributed by atoms with E-state index in [-0.39, 0.29) is 30.0 Å². The molecule has 1 atom stereocenters. The number of nitrogens with zero attached hydrogens (tertiary/aromatic N) is 3. The minimum Gasteiger partial charge on any atom is -0.379 e. The third-order valence-corrected chi connectivity index (χ3v) is 5.90. The van der Waals surface area contributed by atoms with E-state index in [4.69, 9.17) is 25.9 Å². The first kappa shape index (κ1) is 26.9. The number of aromatic nitrogens is 1. The predicted octanol–water partition coefficient (Wildman–Crippen LogP) is 4.20. The largest absolute Gasteiger partial charge is 0.379 e. The van der Waals surface area contributed by atoms with Gasteiger partial charge in [0.2, 0.25) is 0 Å². The molecule has 3 rings (SSSR count). The van der Waals surface area contributed by atoms with Crippen molar-refractivity contribution in [3.05, 3.63) is 51.9 Å². The van der Waals surface area contributed by atoms with Gasteiger partial charge in [-0.25, -0.2) is 4.99 Å². The van der Waals surface area contributed by atoms with Gasteiger partial charge >= 0.3 is 0 Å². The summed E-state index contributed by atoms with van der Waals surface area (Å²) >= 11 is 6.56. The second-order valence-corrected chi connectivity index (χ2v) is 7.91. The van der Waals surface area contributed by atoms with Crippen LogP contribution in [-0.4, -0.2) is 55.4 Å². The molecule has 178 valence electrons. The summed E-state index contributed by atoms with van der Waals surface area (Å²) in [5, 5.41) is 11.9. The average Bonchev–Trinajstić information content (AvgIpc) is 3.21. The molecule has 0 saturated carbocycles. The lowest BCUT2D eigenvalue weighted by atomic mass is 10.0. The number of rotatable bonds is 9. The fraction of sp³-hybridized carbons (Fsp3) is 0.565. The van der Waals surface area contributed by atoms with Gasteiger partial charge in [-0.15, -0.1) is 24.0 Å². The van der Waals surface area contributed by atoms with Gasteiger partial charge in [-0.1, -0.05) is 48.8 Å². The Morgan fingerprint density at radius 2 is 1.91 bits per heavy atom. The number of guanidine groups is 1. The number of halogens is 2. The lowest BCUT2D eigenvalue weighted by Crippen LogP contribution is -2.46. The average molecular weight is 576 g/mol. The SMILES string of the molecule is CCNC(=NCc1c(CC)noc1CC)NCC(c1ccccc1Cl)N1CCOCC1.I. The third kappa shape index (κ3) is 7.07. The number of aryl methyl sites for hydroxylation is 2. The summed E-state index contributed by atoms with van der Waals surface area (Å²) in [4.78, 5) is 7.25. The Morgan fingerprint density at radius 3 is 2.56 bits per heavy atom. The monoisotopic (exact) mass is 575 g/mol. The van der Waals surface area contributed by atoms with Crippen LogP contribution in [0.5, 0.6) is 0 Å². The van der Waals surface area contributed by atoms with E-state index in [0.29, 0.717) is 13.1 Å². The van der Waals surface area contributed by atoms with Crippen LogP contribution in [-0.2, 0) is 24.1 Å². The van der Waals surface area contributed by atoms with Gasteiger partial charge < -0.3 is 19.9 Å². The molecule has 2 aromatic rings. The second kappa shape index (κ2) is 14.0. The standard InChI is InChI=1S/C23H34ClN5O2.HI/c1-4-20-18(22(5-2)31-28-20)15-26-23(25-6-3)27-16-21(29-11-13-30-14-12-29)17-9-7-8-10-19(17)24;/h7-10,21H,4-6,11-16H2,1-3H3,(H2,25,26,27);1H. The Labute approximate surface area is 213 Å². The van der Waals surface area contributed by atoms with Crippen LogP contribution >= 0.6 is 35.6 Å². The van der Waals surface area contributed by atoms with Crippen molar-refractivity contribution >= 4 is 41.5 Å². The number of morpholine rings is 1. The maximum Gasteiger partial charge on any atom is 0.191 e. The van der Waals surface area contributed by atoms with Crippen LogP contribution in [0.2, 0.25) is 5.02 Å². The Balaban J connectivity index is 0.00000363. The van der Waals surface area contributed by atoms with Crippen molar-refractivity contribution in [3.63, 3.8) is 0 Å². The minimum atomic E-state index is 0. The third-order valence-electron chi connectivity index (χ3n) is 5.56. The maximum absolute atomic E-state index is 6.56. The van der Waals surface area contributed by atoms with Crippen molar-refractivity contribution in [2.24, 2.45) is 4.99 Å². The van der Waals surface area contributed by atoms with Crippen molar-refractivity contribution in [1.82, 2.24) is 20.7 Å². The van der Waals surface area contributed by atoms with Crippen LogP contribution in [0.15, 0.2) is 33.8 Å². The maximum atomic E-state index is 6.56. The van der Waals surface area contributed by atoms with Crippen molar-refractivity contribution < 1.29 is 9.26 Å². The van der Waals surface area contributed by atoms with E-state index >= 15 is 0 Å². The summed E-state index contributed by atoms with van der Waals surface area (Å²) in [7, 11) is 0. The summed E-state index contributed by atoms with van der Waals surface area (Å²) in [6.07, 6.45) is 1.65. The van der Waals surface area contributed by atoms with Crippen LogP contribution in [0, 0.1) is 0 Å². The van der Waals surface area contributed by atoms with E-state index in [1.165, 1.54) is 0 Å². The quantitative estimate of drug-likeness (QED) is 0.265. The highest BCUT2D eigenvalue weighted by Crippen LogP contribution is 2.27. The molecule has 7 nitrogen and oxygen atoms in total. The molecule has 0 aliphatic carbocycles. The molecular weight excluding hydrogens is 541 g/mol. The molecule has 1 aliphatic heterocycles. The molecule has 2 heterocycles. The summed E-state index contributed by atoms with van der Waals surface area (Å²) in [5.41, 5.74) is 3.20. The molecule has 1 saturated heterocycles. The van der Waals surface area contributed by atoms with E-state index < -0.39 is 0 Å². The highest BCUT2D eigenvalue weighted by molar-refractivity contribution is 14.0. The molecule has 9 heteroatoms. The Morgan fingerprint density at radius 1 is 1.16 bits per heavy atom. The molecule has 1 aromatic carbocycles. The lowest BCUT2D eigenvalue weighted by Gasteiger charge is -2.35. The number of nitrogens with one attached hydrogen (secondary N) is 2. The zero-order chi connectivity index (χ0) is 22.1. The molecular formula is C23H35ClIN5O2. The summed E-state index contributed by atoms with van der Waals surface area (Å²) in [6, 6.07) is 8.20. The van der Waals surface area contributed by atoms with Crippen molar-refractivity contribution in [2.75, 3.05) is 39.4 Å². The predicted molar refractivity (Wildman–Crippen MR) is 140 cm³/mol. The van der Waals surface area contributed by atoms with Crippen molar-refractivity contribution in [1.29, 1.82) is 0 Å². The first-order valence-electron chi connectivity index (χ1n) is 11.2. The van der Waals surface area contributed by atoms with Gasteiger partial charge in [-0.05, 0) is 25.0 Å². The molecule has 1 fully saturated rings. The fourth-order valence-electron chi connectivity index (χ4n) is 3.88. The second-order valence-electron chi connectivity index (χ2n) is 7.50. The molecule has 2 N–H and O–H groups in total. The first-order chi connectivity index (χ1) is 15.2. The molecule has 0 radical (unpaired) electrons. The fourth-order valence-corrected chi connectivity index (χ4v) is 4.14. The zero-order valence-electron chi connectivity index (χ0n) is 19.2. The van der Waals surface area contributed by atoms with Crippen molar-refractivity contribution in [3.8, 4) is 0 Å². The van der Waals surface area contributed by atoms with Gasteiger partial charge in [0.15, 0.2) is 5.96 Å². The number of aliphatic imine (C=N–C) groups is 1. The van der Waals surface area contributed by atoms with Gasteiger partial charge in [-0.2, -0.15) is 0 Å². The van der Waals surface area contributed by atoms with E-state index in [0.717, 1.165) is 79.3 Å². The van der Waals surface area contributed by atoms with Crippen LogP contribution in [0.3, 0.4) is 0 Å². The van der Waals surface area contributed by atoms with Crippen LogP contribution < -0.4 is 10.6 Å². The minimum absolute atomic E-state index is 0. The van der Waals surface area contributed by atoms with E-state index in [1.54, 1.807) is 0 Å². The van der Waals surface area contributed by atoms with Crippen LogP contribution in [0.25, 0.3) is 0 Å². The van der Waals surface area contributed by atoms with Gasteiger partial charge in [0.1, 0.15) is 5.76 Å². The van der Waals surface area contributed by atoms with Gasteiger partial charge in [-0.3, -0.25) is 4.90 Å². The number of ether oxygens (including phenoxy) is 1. The van der Waals surface area contributed by atoms with Gasteiger partial charge in [0, 0.05) is 43.2 Å². The lowest BCUT2D eigenvalue weighted by molar-refractivity contribution is 0.0170. The van der Waals surface area contributed by atoms with Crippen LogP contribution in [0.4, 0.5) is 0 Å². The van der Waals surface area contributed by atoms with E-state index in [2.05, 4.69) is 47.5 Å². The number of hydrogen-bond acceptors (Lipinski definition) is 5. The van der Waals surface area contributed by atoms with Gasteiger partial charge in [0.05, 0.1) is 31.5 Å². The Bertz CT molecular complexity index is 833.